The number of hydrogen-bond donors (Lipinski definition) is 1. The van der Waals surface area contributed by atoms with Gasteiger partial charge in [-0.05, 0) is 18.6 Å². The van der Waals surface area contributed by atoms with Gasteiger partial charge >= 0.3 is 6.18 Å². The molecule has 0 amide bonds. The van der Waals surface area contributed by atoms with E-state index < -0.39 is 11.7 Å². The lowest BCUT2D eigenvalue weighted by molar-refractivity contribution is -0.138. The predicted octanol–water partition coefficient (Wildman–Crippen LogP) is 3.68. The van der Waals surface area contributed by atoms with Gasteiger partial charge in [0.15, 0.2) is 5.90 Å². The molecule has 1 N–H and O–H groups in total. The van der Waals surface area contributed by atoms with Gasteiger partial charge in [0, 0.05) is 6.42 Å². The molecule has 0 atom stereocenters. The van der Waals surface area contributed by atoms with E-state index in [4.69, 9.17) is 10.1 Å². The summed E-state index contributed by atoms with van der Waals surface area (Å²) in [5.41, 5.74) is -0.645. The van der Waals surface area contributed by atoms with Gasteiger partial charge in [-0.3, -0.25) is 5.41 Å². The lowest BCUT2D eigenvalue weighted by Gasteiger charge is -2.12. The first kappa shape index (κ1) is 15.8. The largest absolute Gasteiger partial charge is 0.481 e. The zero-order valence-electron chi connectivity index (χ0n) is 9.17. The first-order chi connectivity index (χ1) is 7.45. The monoisotopic (exact) mass is 267 g/mol. The van der Waals surface area contributed by atoms with E-state index >= 15 is 0 Å². The molecule has 0 saturated heterocycles. The highest BCUT2D eigenvalue weighted by molar-refractivity contribution is 5.85. The molecule has 0 aromatic heterocycles. The van der Waals surface area contributed by atoms with Crippen LogP contribution in [-0.4, -0.2) is 12.5 Å². The highest BCUT2D eigenvalue weighted by Gasteiger charge is 2.33. The normalized spacial score (nSPS) is 10.6. The van der Waals surface area contributed by atoms with Crippen molar-refractivity contribution < 1.29 is 17.9 Å². The fourth-order valence-corrected chi connectivity index (χ4v) is 1.35. The van der Waals surface area contributed by atoms with E-state index in [0.717, 1.165) is 6.07 Å². The Kier molecular flexibility index (Phi) is 6.02. The fourth-order valence-electron chi connectivity index (χ4n) is 1.35. The van der Waals surface area contributed by atoms with E-state index in [2.05, 4.69) is 0 Å². The number of hydrogen-bond acceptors (Lipinski definition) is 2. The van der Waals surface area contributed by atoms with Crippen molar-refractivity contribution in [1.29, 1.82) is 5.41 Å². The third-order valence-electron chi connectivity index (χ3n) is 1.99. The van der Waals surface area contributed by atoms with E-state index in [-0.39, 0.29) is 36.9 Å². The summed E-state index contributed by atoms with van der Waals surface area (Å²) < 4.78 is 42.5. The van der Waals surface area contributed by atoms with Gasteiger partial charge in [-0.25, -0.2) is 0 Å². The first-order valence-corrected chi connectivity index (χ1v) is 4.80. The summed E-state index contributed by atoms with van der Waals surface area (Å²) in [4.78, 5) is 0. The van der Waals surface area contributed by atoms with Crippen LogP contribution in [0.25, 0.3) is 0 Å². The Balaban J connectivity index is 0.00000256. The average Bonchev–Trinajstić information content (AvgIpc) is 2.17. The Labute approximate surface area is 104 Å². The van der Waals surface area contributed by atoms with Crippen molar-refractivity contribution in [2.45, 2.75) is 19.5 Å². The van der Waals surface area contributed by atoms with E-state index in [1.54, 1.807) is 6.92 Å². The summed E-state index contributed by atoms with van der Waals surface area (Å²) >= 11 is 0. The Hall–Kier alpha value is -1.23. The maximum atomic E-state index is 12.6. The van der Waals surface area contributed by atoms with Crippen LogP contribution >= 0.6 is 12.4 Å². The van der Waals surface area contributed by atoms with E-state index in [1.807, 2.05) is 0 Å². The van der Waals surface area contributed by atoms with Gasteiger partial charge < -0.3 is 4.74 Å². The molecular weight excluding hydrogens is 255 g/mol. The molecular formula is C11H13ClF3NO. The number of halogens is 4. The highest BCUT2D eigenvalue weighted by atomic mass is 35.5. The predicted molar refractivity (Wildman–Crippen MR) is 61.7 cm³/mol. The highest BCUT2D eigenvalue weighted by Crippen LogP contribution is 2.32. The second kappa shape index (κ2) is 6.49. The molecule has 0 spiro atoms. The summed E-state index contributed by atoms with van der Waals surface area (Å²) in [5, 5.41) is 7.34. The van der Waals surface area contributed by atoms with Crippen molar-refractivity contribution >= 4 is 18.3 Å². The third kappa shape index (κ3) is 4.65. The fraction of sp³-hybridized carbons (Fsp3) is 0.364. The quantitative estimate of drug-likeness (QED) is 0.658. The van der Waals surface area contributed by atoms with Gasteiger partial charge in [-0.1, -0.05) is 18.2 Å². The maximum Gasteiger partial charge on any atom is 0.416 e. The van der Waals surface area contributed by atoms with Crippen LogP contribution in [0.3, 0.4) is 0 Å². The van der Waals surface area contributed by atoms with Gasteiger partial charge in [0.25, 0.3) is 0 Å². The van der Waals surface area contributed by atoms with Crippen molar-refractivity contribution in [3.63, 3.8) is 0 Å². The van der Waals surface area contributed by atoms with Crippen LogP contribution in [0.5, 0.6) is 0 Å². The molecule has 1 rings (SSSR count). The molecule has 6 heteroatoms. The molecule has 0 aliphatic carbocycles. The van der Waals surface area contributed by atoms with Crippen LogP contribution in [0, 0.1) is 5.41 Å². The van der Waals surface area contributed by atoms with Crippen molar-refractivity contribution in [3.8, 4) is 0 Å². The maximum absolute atomic E-state index is 12.6. The van der Waals surface area contributed by atoms with Gasteiger partial charge in [-0.15, -0.1) is 12.4 Å². The third-order valence-corrected chi connectivity index (χ3v) is 1.99. The second-order valence-corrected chi connectivity index (χ2v) is 3.19. The Morgan fingerprint density at radius 1 is 1.29 bits per heavy atom. The van der Waals surface area contributed by atoms with Gasteiger partial charge in [-0.2, -0.15) is 13.2 Å². The number of nitrogens with one attached hydrogen (secondary N) is 1. The van der Waals surface area contributed by atoms with E-state index in [1.165, 1.54) is 18.2 Å². The molecule has 96 valence electrons. The van der Waals surface area contributed by atoms with Crippen molar-refractivity contribution in [3.05, 3.63) is 35.4 Å². The van der Waals surface area contributed by atoms with Gasteiger partial charge in [0.2, 0.25) is 0 Å². The van der Waals surface area contributed by atoms with Crippen molar-refractivity contribution in [1.82, 2.24) is 0 Å². The van der Waals surface area contributed by atoms with Crippen LogP contribution in [-0.2, 0) is 17.3 Å². The molecule has 0 heterocycles. The molecule has 0 aliphatic rings. The van der Waals surface area contributed by atoms with Crippen LogP contribution < -0.4 is 0 Å². The average molecular weight is 268 g/mol. The van der Waals surface area contributed by atoms with E-state index in [0.29, 0.717) is 0 Å². The Morgan fingerprint density at radius 2 is 1.88 bits per heavy atom. The lowest BCUT2D eigenvalue weighted by Crippen LogP contribution is -2.13. The first-order valence-electron chi connectivity index (χ1n) is 4.80. The summed E-state index contributed by atoms with van der Waals surface area (Å²) in [7, 11) is 0. The zero-order chi connectivity index (χ0) is 12.2. The van der Waals surface area contributed by atoms with Crippen molar-refractivity contribution in [2.75, 3.05) is 6.61 Å². The molecule has 0 fully saturated rings. The number of rotatable bonds is 3. The minimum Gasteiger partial charge on any atom is -0.481 e. The summed E-state index contributed by atoms with van der Waals surface area (Å²) in [6.07, 6.45) is -4.52. The molecule has 1 aromatic rings. The molecule has 2 nitrogen and oxygen atoms in total. The van der Waals surface area contributed by atoms with Crippen LogP contribution in [0.4, 0.5) is 13.2 Å². The summed E-state index contributed by atoms with van der Waals surface area (Å²) in [5.74, 6) is -0.154. The SMILES string of the molecule is CCOC(=N)Cc1ccccc1C(F)(F)F.Cl. The van der Waals surface area contributed by atoms with Crippen LogP contribution in [0.1, 0.15) is 18.1 Å². The molecule has 0 bridgehead atoms. The standard InChI is InChI=1S/C11H12F3NO.ClH/c1-2-16-10(15)7-8-5-3-4-6-9(8)11(12,13)14;/h3-6,15H,2,7H2,1H3;1H. The van der Waals surface area contributed by atoms with Crippen LogP contribution in [0.15, 0.2) is 24.3 Å². The molecule has 0 radical (unpaired) electrons. The minimum atomic E-state index is -4.39. The molecule has 0 saturated carbocycles. The Morgan fingerprint density at radius 3 is 2.41 bits per heavy atom. The van der Waals surface area contributed by atoms with Crippen LogP contribution in [0.2, 0.25) is 0 Å². The lowest BCUT2D eigenvalue weighted by atomic mass is 10.0. The van der Waals surface area contributed by atoms with E-state index in [9.17, 15) is 13.2 Å². The second-order valence-electron chi connectivity index (χ2n) is 3.19. The molecule has 0 aliphatic heterocycles. The van der Waals surface area contributed by atoms with Gasteiger partial charge in [0.1, 0.15) is 0 Å². The number of ether oxygens (including phenoxy) is 1. The Bertz CT molecular complexity index is 379. The summed E-state index contributed by atoms with van der Waals surface area (Å²) in [6.45, 7) is 1.97. The summed E-state index contributed by atoms with van der Waals surface area (Å²) in [6, 6.07) is 5.21. The molecule has 1 aromatic carbocycles. The topological polar surface area (TPSA) is 33.1 Å². The number of benzene rings is 1. The smallest absolute Gasteiger partial charge is 0.416 e. The minimum absolute atomic E-state index is 0. The molecule has 0 unspecified atom stereocenters. The van der Waals surface area contributed by atoms with Gasteiger partial charge in [0.05, 0.1) is 12.2 Å². The molecule has 17 heavy (non-hydrogen) atoms. The number of alkyl halides is 3. The zero-order valence-corrected chi connectivity index (χ0v) is 9.99. The van der Waals surface area contributed by atoms with Crippen molar-refractivity contribution in [2.24, 2.45) is 0 Å².